The van der Waals surface area contributed by atoms with Crippen molar-refractivity contribution >= 4 is 27.9 Å². The Labute approximate surface area is 180 Å². The Bertz CT molecular complexity index is 1080. The first-order chi connectivity index (χ1) is 14.8. The van der Waals surface area contributed by atoms with Gasteiger partial charge >= 0.3 is 12.0 Å². The van der Waals surface area contributed by atoms with Crippen molar-refractivity contribution in [1.29, 1.82) is 0 Å². The van der Waals surface area contributed by atoms with Crippen molar-refractivity contribution in [2.45, 2.75) is 24.8 Å². The van der Waals surface area contributed by atoms with Crippen LogP contribution in [0.5, 0.6) is 0 Å². The predicted molar refractivity (Wildman–Crippen MR) is 112 cm³/mol. The average Bonchev–Trinajstić information content (AvgIpc) is 2.77. The summed E-state index contributed by atoms with van der Waals surface area (Å²) >= 11 is 0. The lowest BCUT2D eigenvalue weighted by atomic mass is 10.0. The SMILES string of the molecule is CCNC(=O)NC(=O)COC(=O)c1ccc(S(=O)(=O)N2CCc3ccccc3C2)cc1. The summed E-state index contributed by atoms with van der Waals surface area (Å²) in [6.45, 7) is 2.08. The molecule has 0 spiro atoms. The third kappa shape index (κ3) is 5.47. The van der Waals surface area contributed by atoms with Gasteiger partial charge in [-0.05, 0) is 48.7 Å². The Kier molecular flexibility index (Phi) is 7.03. The molecule has 0 aliphatic carbocycles. The van der Waals surface area contributed by atoms with Crippen LogP contribution in [0.2, 0.25) is 0 Å². The summed E-state index contributed by atoms with van der Waals surface area (Å²) in [6, 6.07) is 12.4. The third-order valence-electron chi connectivity index (χ3n) is 4.75. The van der Waals surface area contributed by atoms with E-state index in [-0.39, 0.29) is 10.5 Å². The van der Waals surface area contributed by atoms with Gasteiger partial charge in [-0.1, -0.05) is 24.3 Å². The van der Waals surface area contributed by atoms with Gasteiger partial charge in [0, 0.05) is 19.6 Å². The molecule has 2 aromatic rings. The largest absolute Gasteiger partial charge is 0.452 e. The molecule has 1 aliphatic rings. The summed E-state index contributed by atoms with van der Waals surface area (Å²) in [7, 11) is -3.72. The second-order valence-electron chi connectivity index (χ2n) is 6.87. The van der Waals surface area contributed by atoms with E-state index in [9.17, 15) is 22.8 Å². The van der Waals surface area contributed by atoms with Crippen molar-refractivity contribution in [2.75, 3.05) is 19.7 Å². The number of esters is 1. The Morgan fingerprint density at radius 2 is 1.71 bits per heavy atom. The number of benzene rings is 2. The second-order valence-corrected chi connectivity index (χ2v) is 8.80. The van der Waals surface area contributed by atoms with Gasteiger partial charge in [-0.3, -0.25) is 10.1 Å². The van der Waals surface area contributed by atoms with Crippen molar-refractivity contribution in [3.63, 3.8) is 0 Å². The molecule has 3 amide bonds. The molecule has 0 radical (unpaired) electrons. The molecule has 0 aromatic heterocycles. The minimum Gasteiger partial charge on any atom is -0.452 e. The Morgan fingerprint density at radius 3 is 2.39 bits per heavy atom. The highest BCUT2D eigenvalue weighted by Crippen LogP contribution is 2.25. The summed E-state index contributed by atoms with van der Waals surface area (Å²) in [4.78, 5) is 35.0. The third-order valence-corrected chi connectivity index (χ3v) is 6.61. The molecule has 0 unspecified atom stereocenters. The minimum absolute atomic E-state index is 0.0670. The first-order valence-corrected chi connectivity index (χ1v) is 11.2. The number of imide groups is 1. The van der Waals surface area contributed by atoms with E-state index in [0.717, 1.165) is 11.1 Å². The number of urea groups is 1. The molecule has 0 saturated heterocycles. The summed E-state index contributed by atoms with van der Waals surface area (Å²) < 4.78 is 32.2. The van der Waals surface area contributed by atoms with E-state index in [1.807, 2.05) is 29.6 Å². The Hall–Kier alpha value is -3.24. The number of hydrogen-bond acceptors (Lipinski definition) is 6. The van der Waals surface area contributed by atoms with E-state index in [1.165, 1.54) is 28.6 Å². The van der Waals surface area contributed by atoms with Crippen LogP contribution in [0.4, 0.5) is 4.79 Å². The fraction of sp³-hybridized carbons (Fsp3) is 0.286. The lowest BCUT2D eigenvalue weighted by Gasteiger charge is -2.28. The number of rotatable bonds is 6. The highest BCUT2D eigenvalue weighted by Gasteiger charge is 2.28. The lowest BCUT2D eigenvalue weighted by Crippen LogP contribution is -2.41. The summed E-state index contributed by atoms with van der Waals surface area (Å²) in [5.41, 5.74) is 2.21. The van der Waals surface area contributed by atoms with Crippen LogP contribution in [0.25, 0.3) is 0 Å². The Morgan fingerprint density at radius 1 is 1.03 bits per heavy atom. The van der Waals surface area contributed by atoms with E-state index in [2.05, 4.69) is 5.32 Å². The first-order valence-electron chi connectivity index (χ1n) is 9.73. The van der Waals surface area contributed by atoms with Crippen LogP contribution in [-0.2, 0) is 32.5 Å². The van der Waals surface area contributed by atoms with Crippen LogP contribution >= 0.6 is 0 Å². The van der Waals surface area contributed by atoms with Crippen LogP contribution in [-0.4, -0.2) is 50.3 Å². The number of carbonyl (C=O) groups excluding carboxylic acids is 3. The highest BCUT2D eigenvalue weighted by molar-refractivity contribution is 7.89. The Balaban J connectivity index is 1.61. The number of hydrogen-bond donors (Lipinski definition) is 2. The molecule has 1 heterocycles. The fourth-order valence-electron chi connectivity index (χ4n) is 3.17. The molecule has 0 atom stereocenters. The summed E-state index contributed by atoms with van der Waals surface area (Å²) in [5.74, 6) is -1.58. The second kappa shape index (κ2) is 9.71. The van der Waals surface area contributed by atoms with E-state index >= 15 is 0 Å². The van der Waals surface area contributed by atoms with Gasteiger partial charge < -0.3 is 10.1 Å². The topological polar surface area (TPSA) is 122 Å². The molecule has 2 aromatic carbocycles. The van der Waals surface area contributed by atoms with E-state index in [4.69, 9.17) is 4.74 Å². The number of carbonyl (C=O) groups is 3. The zero-order valence-electron chi connectivity index (χ0n) is 17.0. The standard InChI is InChI=1S/C21H23N3O6S/c1-2-22-21(27)23-19(25)14-30-20(26)16-7-9-18(10-8-16)31(28,29)24-12-11-15-5-3-4-6-17(15)13-24/h3-10H,2,11-14H2,1H3,(H2,22,23,25,27). The van der Waals surface area contributed by atoms with Crippen molar-refractivity contribution < 1.29 is 27.5 Å². The zero-order valence-corrected chi connectivity index (χ0v) is 17.8. The normalized spacial score (nSPS) is 13.7. The van der Waals surface area contributed by atoms with Crippen LogP contribution in [0, 0.1) is 0 Å². The van der Waals surface area contributed by atoms with E-state index < -0.39 is 34.5 Å². The molecule has 164 valence electrons. The molecule has 10 heteroatoms. The van der Waals surface area contributed by atoms with Gasteiger partial charge in [0.25, 0.3) is 5.91 Å². The van der Waals surface area contributed by atoms with Gasteiger partial charge in [0.2, 0.25) is 10.0 Å². The number of ether oxygens (including phenoxy) is 1. The number of amides is 3. The maximum atomic E-state index is 13.0. The van der Waals surface area contributed by atoms with Crippen molar-refractivity contribution in [3.8, 4) is 0 Å². The lowest BCUT2D eigenvalue weighted by molar-refractivity contribution is -0.123. The quantitative estimate of drug-likeness (QED) is 0.649. The molecule has 0 fully saturated rings. The smallest absolute Gasteiger partial charge is 0.338 e. The molecule has 3 rings (SSSR count). The average molecular weight is 445 g/mol. The molecule has 9 nitrogen and oxygen atoms in total. The van der Waals surface area contributed by atoms with Gasteiger partial charge in [0.15, 0.2) is 6.61 Å². The molecule has 31 heavy (non-hydrogen) atoms. The van der Waals surface area contributed by atoms with Crippen molar-refractivity contribution in [3.05, 3.63) is 65.2 Å². The fourth-order valence-corrected chi connectivity index (χ4v) is 4.59. The van der Waals surface area contributed by atoms with Crippen LogP contribution in [0.1, 0.15) is 28.4 Å². The van der Waals surface area contributed by atoms with Gasteiger partial charge in [-0.2, -0.15) is 4.31 Å². The van der Waals surface area contributed by atoms with E-state index in [0.29, 0.717) is 26.1 Å². The van der Waals surface area contributed by atoms with Crippen LogP contribution < -0.4 is 10.6 Å². The van der Waals surface area contributed by atoms with Gasteiger partial charge in [-0.15, -0.1) is 0 Å². The van der Waals surface area contributed by atoms with Crippen LogP contribution in [0.3, 0.4) is 0 Å². The van der Waals surface area contributed by atoms with Gasteiger partial charge in [0.05, 0.1) is 10.5 Å². The molecule has 2 N–H and O–H groups in total. The highest BCUT2D eigenvalue weighted by atomic mass is 32.2. The van der Waals surface area contributed by atoms with Gasteiger partial charge in [-0.25, -0.2) is 18.0 Å². The van der Waals surface area contributed by atoms with Gasteiger partial charge in [0.1, 0.15) is 0 Å². The minimum atomic E-state index is -3.72. The number of nitrogens with one attached hydrogen (secondary N) is 2. The monoisotopic (exact) mass is 445 g/mol. The first kappa shape index (κ1) is 22.4. The number of nitrogens with zero attached hydrogens (tertiary/aromatic N) is 1. The molecular weight excluding hydrogens is 422 g/mol. The van der Waals surface area contributed by atoms with Crippen LogP contribution in [0.15, 0.2) is 53.4 Å². The molecule has 0 bridgehead atoms. The molecule has 1 aliphatic heterocycles. The molecular formula is C21H23N3O6S. The maximum absolute atomic E-state index is 13.0. The summed E-state index contributed by atoms with van der Waals surface area (Å²) in [6.07, 6.45) is 0.637. The summed E-state index contributed by atoms with van der Waals surface area (Å²) in [5, 5.41) is 4.39. The molecule has 0 saturated carbocycles. The van der Waals surface area contributed by atoms with E-state index in [1.54, 1.807) is 6.92 Å². The predicted octanol–water partition coefficient (Wildman–Crippen LogP) is 1.44. The van der Waals surface area contributed by atoms with Crippen molar-refractivity contribution in [2.24, 2.45) is 0 Å². The number of sulfonamides is 1. The number of fused-ring (bicyclic) bond motifs is 1. The maximum Gasteiger partial charge on any atom is 0.338 e. The van der Waals surface area contributed by atoms with Crippen molar-refractivity contribution in [1.82, 2.24) is 14.9 Å². The zero-order chi connectivity index (χ0) is 22.4.